The summed E-state index contributed by atoms with van der Waals surface area (Å²) in [4.78, 5) is 14.6. The Balaban J connectivity index is 1.45. The molecule has 15 atom stereocenters. The quantitative estimate of drug-likeness (QED) is 0.183. The third kappa shape index (κ3) is 5.52. The van der Waals surface area contributed by atoms with Crippen LogP contribution in [0.3, 0.4) is 0 Å². The molecule has 268 valence electrons. The lowest BCUT2D eigenvalue weighted by Gasteiger charge is -2.65. The van der Waals surface area contributed by atoms with Crippen LogP contribution in [0.5, 0.6) is 0 Å². The first-order chi connectivity index (χ1) is 21.5. The Morgan fingerprint density at radius 1 is 1.00 bits per heavy atom. The molecule has 5 rings (SSSR count). The predicted molar refractivity (Wildman–Crippen MR) is 171 cm³/mol. The number of rotatable bonds is 7. The first kappa shape index (κ1) is 37.0. The molecule has 0 amide bonds. The standard InChI is InChI=1S/C36H58O11/c1-31(2,44)14-13-23(39)36(8,45)29-20(38)15-33(5)22-11-9-18-19(35(22,7)24(40)16-34(29,33)6)10-12-25(32(18,3)4)47-30-28(43)27(42)26(41)21(17-37)46-30/h9,13-14,19-23,25-30,37-39,41-45H,10-12,15-17H2,1-8H3. The number of ketones is 1. The average molecular weight is 667 g/mol. The third-order valence-corrected chi connectivity index (χ3v) is 13.6. The van der Waals surface area contributed by atoms with Crippen molar-refractivity contribution in [3.05, 3.63) is 23.8 Å². The van der Waals surface area contributed by atoms with Gasteiger partial charge < -0.3 is 50.3 Å². The molecule has 11 heteroatoms. The molecule has 11 nitrogen and oxygen atoms in total. The van der Waals surface area contributed by atoms with Crippen LogP contribution in [-0.4, -0.2) is 113 Å². The maximum atomic E-state index is 14.6. The van der Waals surface area contributed by atoms with Crippen LogP contribution in [-0.2, 0) is 14.3 Å². The van der Waals surface area contributed by atoms with E-state index >= 15 is 0 Å². The van der Waals surface area contributed by atoms with Crippen molar-refractivity contribution < 1.29 is 55.1 Å². The van der Waals surface area contributed by atoms with Crippen molar-refractivity contribution in [1.82, 2.24) is 0 Å². The molecular weight excluding hydrogens is 608 g/mol. The minimum Gasteiger partial charge on any atom is -0.394 e. The van der Waals surface area contributed by atoms with Crippen molar-refractivity contribution in [3.8, 4) is 0 Å². The summed E-state index contributed by atoms with van der Waals surface area (Å²) >= 11 is 0. The number of hydrogen-bond acceptors (Lipinski definition) is 11. The smallest absolute Gasteiger partial charge is 0.187 e. The van der Waals surface area contributed by atoms with Gasteiger partial charge in [-0.1, -0.05) is 58.4 Å². The highest BCUT2D eigenvalue weighted by molar-refractivity contribution is 5.88. The fraction of sp³-hybridized carbons (Fsp3) is 0.861. The third-order valence-electron chi connectivity index (χ3n) is 13.6. The fourth-order valence-electron chi connectivity index (χ4n) is 10.8. The second-order valence-electron chi connectivity index (χ2n) is 17.3. The number of carbonyl (C=O) groups is 1. The minimum absolute atomic E-state index is 0.0681. The molecule has 8 N–H and O–H groups in total. The molecule has 4 fully saturated rings. The Labute approximate surface area is 278 Å². The Bertz CT molecular complexity index is 1270. The van der Waals surface area contributed by atoms with Gasteiger partial charge in [0.2, 0.25) is 0 Å². The minimum atomic E-state index is -1.78. The molecule has 15 unspecified atom stereocenters. The first-order valence-corrected chi connectivity index (χ1v) is 17.2. The van der Waals surface area contributed by atoms with Crippen molar-refractivity contribution in [2.45, 2.75) is 148 Å². The first-order valence-electron chi connectivity index (χ1n) is 17.2. The summed E-state index contributed by atoms with van der Waals surface area (Å²) < 4.78 is 12.0. The molecule has 47 heavy (non-hydrogen) atoms. The molecule has 4 aliphatic carbocycles. The van der Waals surface area contributed by atoms with Crippen LogP contribution in [0.25, 0.3) is 0 Å². The molecule has 0 aromatic heterocycles. The molecule has 3 saturated carbocycles. The van der Waals surface area contributed by atoms with E-state index in [4.69, 9.17) is 9.47 Å². The van der Waals surface area contributed by atoms with E-state index in [1.807, 2.05) is 20.8 Å². The van der Waals surface area contributed by atoms with Crippen molar-refractivity contribution in [2.75, 3.05) is 6.61 Å². The summed E-state index contributed by atoms with van der Waals surface area (Å²) in [7, 11) is 0. The number of carbonyl (C=O) groups excluding carboxylic acids is 1. The summed E-state index contributed by atoms with van der Waals surface area (Å²) in [6.07, 6.45) is -2.46. The maximum Gasteiger partial charge on any atom is 0.187 e. The van der Waals surface area contributed by atoms with Crippen LogP contribution in [0.1, 0.15) is 87.5 Å². The highest BCUT2D eigenvalue weighted by Gasteiger charge is 2.74. The summed E-state index contributed by atoms with van der Waals surface area (Å²) in [5, 5.41) is 85.7. The zero-order valence-corrected chi connectivity index (χ0v) is 29.1. The molecule has 1 heterocycles. The Morgan fingerprint density at radius 3 is 2.23 bits per heavy atom. The highest BCUT2D eigenvalue weighted by Crippen LogP contribution is 2.74. The van der Waals surface area contributed by atoms with Gasteiger partial charge in [0.05, 0.1) is 30.0 Å². The SMILES string of the molecule is CC(C)(O)C=CC(O)C(C)(O)C1C(O)CC2(C)C3CC=C4C(CCC(OC5OC(CO)C(O)C(O)C5O)C4(C)C)C3(C)C(=O)CC12C. The van der Waals surface area contributed by atoms with Gasteiger partial charge in [0.25, 0.3) is 0 Å². The van der Waals surface area contributed by atoms with Crippen molar-refractivity contribution >= 4 is 5.78 Å². The van der Waals surface area contributed by atoms with E-state index in [1.54, 1.807) is 13.8 Å². The number of hydrogen-bond donors (Lipinski definition) is 8. The van der Waals surface area contributed by atoms with Crippen molar-refractivity contribution in [3.63, 3.8) is 0 Å². The molecule has 1 saturated heterocycles. The summed E-state index contributed by atoms with van der Waals surface area (Å²) in [5.41, 5.74) is -4.64. The predicted octanol–water partition coefficient (Wildman–Crippen LogP) is 1.37. The van der Waals surface area contributed by atoms with Gasteiger partial charge in [0, 0.05) is 23.2 Å². The van der Waals surface area contributed by atoms with Gasteiger partial charge in [-0.2, -0.15) is 0 Å². The molecule has 1 aliphatic heterocycles. The van der Waals surface area contributed by atoms with Gasteiger partial charge >= 0.3 is 0 Å². The molecule has 5 aliphatic rings. The number of aliphatic hydroxyl groups excluding tert-OH is 6. The van der Waals surface area contributed by atoms with Gasteiger partial charge in [0.15, 0.2) is 6.29 Å². The molecule has 0 bridgehead atoms. The molecular formula is C36H58O11. The Kier molecular flexibility index (Phi) is 9.39. The topological polar surface area (TPSA) is 197 Å². The zero-order chi connectivity index (χ0) is 35.3. The molecule has 0 aromatic carbocycles. The van der Waals surface area contributed by atoms with Crippen LogP contribution in [0.4, 0.5) is 0 Å². The lowest BCUT2D eigenvalue weighted by atomic mass is 9.38. The lowest BCUT2D eigenvalue weighted by molar-refractivity contribution is -0.319. The van der Waals surface area contributed by atoms with Gasteiger partial charge in [-0.25, -0.2) is 0 Å². The van der Waals surface area contributed by atoms with E-state index < -0.39 is 94.4 Å². The van der Waals surface area contributed by atoms with Crippen molar-refractivity contribution in [1.29, 1.82) is 0 Å². The highest BCUT2D eigenvalue weighted by atomic mass is 16.7. The molecule has 0 spiro atoms. The fourth-order valence-corrected chi connectivity index (χ4v) is 10.8. The van der Waals surface area contributed by atoms with E-state index in [0.717, 1.165) is 5.57 Å². The number of fused-ring (bicyclic) bond motifs is 5. The second-order valence-corrected chi connectivity index (χ2v) is 17.3. The summed E-state index contributed by atoms with van der Waals surface area (Å²) in [6.45, 7) is 14.3. The number of allylic oxidation sites excluding steroid dienone is 1. The zero-order valence-electron chi connectivity index (χ0n) is 29.1. The monoisotopic (exact) mass is 666 g/mol. The van der Waals surface area contributed by atoms with Crippen LogP contribution in [0.15, 0.2) is 23.8 Å². The van der Waals surface area contributed by atoms with E-state index in [0.29, 0.717) is 25.7 Å². The van der Waals surface area contributed by atoms with Crippen LogP contribution < -0.4 is 0 Å². The maximum absolute atomic E-state index is 14.6. The largest absolute Gasteiger partial charge is 0.394 e. The van der Waals surface area contributed by atoms with Crippen molar-refractivity contribution in [2.24, 2.45) is 39.4 Å². The number of aliphatic hydroxyl groups is 8. The lowest BCUT2D eigenvalue weighted by Crippen LogP contribution is -2.65. The van der Waals surface area contributed by atoms with Gasteiger partial charge in [-0.05, 0) is 69.1 Å². The van der Waals surface area contributed by atoms with E-state index in [9.17, 15) is 45.6 Å². The van der Waals surface area contributed by atoms with E-state index in [2.05, 4.69) is 19.9 Å². The number of Topliss-reactive ketones (excluding diaryl/α,β-unsaturated/α-hetero) is 1. The summed E-state index contributed by atoms with van der Waals surface area (Å²) in [5.74, 6) is -0.997. The summed E-state index contributed by atoms with van der Waals surface area (Å²) in [6, 6.07) is 0. The average Bonchev–Trinajstić information content (AvgIpc) is 3.17. The van der Waals surface area contributed by atoms with E-state index in [1.165, 1.54) is 19.1 Å². The second kappa shape index (κ2) is 11.9. The van der Waals surface area contributed by atoms with Gasteiger partial charge in [0.1, 0.15) is 36.3 Å². The molecule has 0 radical (unpaired) electrons. The normalized spacial score (nSPS) is 48.7. The van der Waals surface area contributed by atoms with Gasteiger partial charge in [-0.15, -0.1) is 0 Å². The molecule has 0 aromatic rings. The van der Waals surface area contributed by atoms with Crippen LogP contribution in [0.2, 0.25) is 0 Å². The Morgan fingerprint density at radius 2 is 1.64 bits per heavy atom. The van der Waals surface area contributed by atoms with Gasteiger partial charge in [-0.3, -0.25) is 4.79 Å². The van der Waals surface area contributed by atoms with E-state index in [-0.39, 0.29) is 24.0 Å². The van der Waals surface area contributed by atoms with Crippen LogP contribution >= 0.6 is 0 Å². The Hall–Kier alpha value is -1.25. The van der Waals surface area contributed by atoms with Crippen LogP contribution in [0, 0.1) is 39.4 Å². The number of ether oxygens (including phenoxy) is 2.